The van der Waals surface area contributed by atoms with Crippen LogP contribution in [0.5, 0.6) is 0 Å². The molecule has 0 N–H and O–H groups in total. The molecule has 0 unspecified atom stereocenters. The standard InChI is InChI=1S/C13H24FNO2S/c14-8-4-1-5-9-15-10-11-18(16,17)13-7-3-2-6-12(13)15/h12-13H,1-11H2/t12-,13-/m0/s1. The largest absolute Gasteiger partial charge is 0.298 e. The van der Waals surface area contributed by atoms with Gasteiger partial charge in [-0.05, 0) is 38.6 Å². The molecule has 106 valence electrons. The fraction of sp³-hybridized carbons (Fsp3) is 1.00. The van der Waals surface area contributed by atoms with Crippen molar-refractivity contribution >= 4 is 9.84 Å². The second kappa shape index (κ2) is 6.33. The summed E-state index contributed by atoms with van der Waals surface area (Å²) in [6, 6.07) is 0.239. The van der Waals surface area contributed by atoms with Gasteiger partial charge in [0, 0.05) is 12.6 Å². The lowest BCUT2D eigenvalue weighted by Gasteiger charge is -2.43. The number of hydrogen-bond acceptors (Lipinski definition) is 3. The summed E-state index contributed by atoms with van der Waals surface area (Å²) in [6.07, 6.45) is 6.61. The van der Waals surface area contributed by atoms with E-state index in [1.807, 2.05) is 0 Å². The third-order valence-electron chi connectivity index (χ3n) is 4.34. The molecule has 1 aliphatic heterocycles. The molecule has 0 aromatic heterocycles. The Hall–Kier alpha value is -0.160. The Balaban J connectivity index is 1.92. The van der Waals surface area contributed by atoms with E-state index in [9.17, 15) is 12.8 Å². The molecule has 2 atom stereocenters. The van der Waals surface area contributed by atoms with Crippen molar-refractivity contribution in [3.05, 3.63) is 0 Å². The van der Waals surface area contributed by atoms with Crippen LogP contribution in [0.25, 0.3) is 0 Å². The van der Waals surface area contributed by atoms with Crippen LogP contribution in [0.1, 0.15) is 44.9 Å². The number of unbranched alkanes of at least 4 members (excludes halogenated alkanes) is 2. The molecule has 1 heterocycles. The highest BCUT2D eigenvalue weighted by atomic mass is 32.2. The first kappa shape index (κ1) is 14.3. The molecule has 0 bridgehead atoms. The third-order valence-corrected chi connectivity index (χ3v) is 6.56. The third kappa shape index (κ3) is 3.23. The molecule has 0 spiro atoms. The van der Waals surface area contributed by atoms with E-state index in [4.69, 9.17) is 0 Å². The van der Waals surface area contributed by atoms with Gasteiger partial charge in [-0.2, -0.15) is 0 Å². The molecule has 1 saturated carbocycles. The zero-order valence-electron chi connectivity index (χ0n) is 11.0. The van der Waals surface area contributed by atoms with Crippen molar-refractivity contribution in [1.29, 1.82) is 0 Å². The van der Waals surface area contributed by atoms with Crippen molar-refractivity contribution in [3.8, 4) is 0 Å². The molecule has 18 heavy (non-hydrogen) atoms. The first-order chi connectivity index (χ1) is 8.65. The van der Waals surface area contributed by atoms with Gasteiger partial charge in [-0.15, -0.1) is 0 Å². The smallest absolute Gasteiger partial charge is 0.155 e. The van der Waals surface area contributed by atoms with Crippen molar-refractivity contribution in [2.45, 2.75) is 56.2 Å². The molecule has 0 radical (unpaired) electrons. The Morgan fingerprint density at radius 1 is 1.11 bits per heavy atom. The summed E-state index contributed by atoms with van der Waals surface area (Å²) in [4.78, 5) is 2.35. The highest BCUT2D eigenvalue weighted by Crippen LogP contribution is 2.32. The predicted molar refractivity (Wildman–Crippen MR) is 71.2 cm³/mol. The fourth-order valence-corrected chi connectivity index (χ4v) is 5.44. The lowest BCUT2D eigenvalue weighted by Crippen LogP contribution is -2.55. The molecule has 5 heteroatoms. The topological polar surface area (TPSA) is 37.4 Å². The number of alkyl halides is 1. The number of nitrogens with zero attached hydrogens (tertiary/aromatic N) is 1. The van der Waals surface area contributed by atoms with Crippen LogP contribution in [0, 0.1) is 0 Å². The highest BCUT2D eigenvalue weighted by Gasteiger charge is 2.42. The van der Waals surface area contributed by atoms with Crippen LogP contribution >= 0.6 is 0 Å². The summed E-state index contributed by atoms with van der Waals surface area (Å²) in [5.74, 6) is 0.317. The zero-order valence-corrected chi connectivity index (χ0v) is 11.8. The van der Waals surface area contributed by atoms with Crippen LogP contribution < -0.4 is 0 Å². The summed E-state index contributed by atoms with van der Waals surface area (Å²) in [5.41, 5.74) is 0. The summed E-state index contributed by atoms with van der Waals surface area (Å²) in [5, 5.41) is -0.124. The van der Waals surface area contributed by atoms with E-state index in [0.717, 1.165) is 45.1 Å². The minimum absolute atomic E-state index is 0.124. The van der Waals surface area contributed by atoms with E-state index in [2.05, 4.69) is 4.90 Å². The molecule has 2 aliphatic rings. The Kier molecular flexibility index (Phi) is 5.01. The van der Waals surface area contributed by atoms with E-state index in [0.29, 0.717) is 18.7 Å². The minimum atomic E-state index is -2.85. The van der Waals surface area contributed by atoms with Crippen molar-refractivity contribution in [2.24, 2.45) is 0 Å². The lowest BCUT2D eigenvalue weighted by molar-refractivity contribution is 0.153. The van der Waals surface area contributed by atoms with Gasteiger partial charge >= 0.3 is 0 Å². The molecule has 1 saturated heterocycles. The van der Waals surface area contributed by atoms with Crippen LogP contribution in [0.3, 0.4) is 0 Å². The average molecular weight is 277 g/mol. The van der Waals surface area contributed by atoms with Crippen LogP contribution in [-0.4, -0.2) is 50.1 Å². The summed E-state index contributed by atoms with van der Waals surface area (Å²) in [6.45, 7) is 1.39. The lowest BCUT2D eigenvalue weighted by atomic mass is 9.93. The van der Waals surface area contributed by atoms with Crippen molar-refractivity contribution < 1.29 is 12.8 Å². The van der Waals surface area contributed by atoms with E-state index in [1.54, 1.807) is 0 Å². The zero-order chi connectivity index (χ0) is 13.0. The van der Waals surface area contributed by atoms with Gasteiger partial charge in [0.1, 0.15) is 0 Å². The van der Waals surface area contributed by atoms with E-state index < -0.39 is 9.84 Å². The summed E-state index contributed by atoms with van der Waals surface area (Å²) >= 11 is 0. The predicted octanol–water partition coefficient (Wildman–Crippen LogP) is 2.17. The van der Waals surface area contributed by atoms with Crippen molar-refractivity contribution in [1.82, 2.24) is 4.90 Å². The molecule has 2 fully saturated rings. The number of rotatable bonds is 5. The van der Waals surface area contributed by atoms with Gasteiger partial charge in [0.15, 0.2) is 9.84 Å². The Morgan fingerprint density at radius 3 is 2.67 bits per heavy atom. The molecule has 2 rings (SSSR count). The Morgan fingerprint density at radius 2 is 1.89 bits per heavy atom. The van der Waals surface area contributed by atoms with Gasteiger partial charge < -0.3 is 0 Å². The molecular formula is C13H24FNO2S. The molecule has 0 amide bonds. The number of fused-ring (bicyclic) bond motifs is 1. The van der Waals surface area contributed by atoms with Gasteiger partial charge in [-0.3, -0.25) is 9.29 Å². The molecule has 3 nitrogen and oxygen atoms in total. The highest BCUT2D eigenvalue weighted by molar-refractivity contribution is 7.92. The molecule has 1 aliphatic carbocycles. The Bertz CT molecular complexity index is 358. The maximum atomic E-state index is 12.1. The maximum Gasteiger partial charge on any atom is 0.155 e. The summed E-state index contributed by atoms with van der Waals surface area (Å²) in [7, 11) is -2.85. The van der Waals surface area contributed by atoms with Crippen LogP contribution in [0.15, 0.2) is 0 Å². The molecule has 0 aromatic carbocycles. The van der Waals surface area contributed by atoms with Gasteiger partial charge in [0.2, 0.25) is 0 Å². The second-order valence-corrected chi connectivity index (χ2v) is 7.88. The Labute approximate surface area is 110 Å². The van der Waals surface area contributed by atoms with E-state index in [1.165, 1.54) is 0 Å². The molecule has 0 aromatic rings. The normalized spacial score (nSPS) is 32.1. The van der Waals surface area contributed by atoms with Crippen LogP contribution in [-0.2, 0) is 9.84 Å². The number of halogens is 1. The monoisotopic (exact) mass is 277 g/mol. The first-order valence-electron chi connectivity index (χ1n) is 7.17. The van der Waals surface area contributed by atoms with Gasteiger partial charge in [0.25, 0.3) is 0 Å². The second-order valence-electron chi connectivity index (χ2n) is 5.54. The first-order valence-corrected chi connectivity index (χ1v) is 8.88. The van der Waals surface area contributed by atoms with E-state index >= 15 is 0 Å². The van der Waals surface area contributed by atoms with Crippen LogP contribution in [0.4, 0.5) is 4.39 Å². The molecular weight excluding hydrogens is 253 g/mol. The quantitative estimate of drug-likeness (QED) is 0.723. The number of sulfone groups is 1. The number of hydrogen-bond donors (Lipinski definition) is 0. The SMILES string of the molecule is O=S1(=O)CCN(CCCCCF)[C@H]2CCCC[C@@H]21. The summed E-state index contributed by atoms with van der Waals surface area (Å²) < 4.78 is 36.2. The fourth-order valence-electron chi connectivity index (χ4n) is 3.34. The van der Waals surface area contributed by atoms with Crippen molar-refractivity contribution in [3.63, 3.8) is 0 Å². The van der Waals surface area contributed by atoms with E-state index in [-0.39, 0.29) is 18.0 Å². The van der Waals surface area contributed by atoms with Gasteiger partial charge in [-0.25, -0.2) is 8.42 Å². The minimum Gasteiger partial charge on any atom is -0.298 e. The average Bonchev–Trinajstić information content (AvgIpc) is 2.37. The van der Waals surface area contributed by atoms with Gasteiger partial charge in [0.05, 0.1) is 17.7 Å². The van der Waals surface area contributed by atoms with Crippen molar-refractivity contribution in [2.75, 3.05) is 25.5 Å². The van der Waals surface area contributed by atoms with Gasteiger partial charge in [-0.1, -0.05) is 12.8 Å². The van der Waals surface area contributed by atoms with Crippen LogP contribution in [0.2, 0.25) is 0 Å². The maximum absolute atomic E-state index is 12.1.